The molecule has 1 aliphatic heterocycles. The molecule has 0 radical (unpaired) electrons. The zero-order valence-electron chi connectivity index (χ0n) is 17.0. The normalized spacial score (nSPS) is 14.3. The Morgan fingerprint density at radius 2 is 1.69 bits per heavy atom. The molecule has 29 heavy (non-hydrogen) atoms. The van der Waals surface area contributed by atoms with Gasteiger partial charge >= 0.3 is 0 Å². The SMILES string of the molecule is COc1ccc(C(=O)NCC(=O)N2CCC(Cc3ccccc3)CC2)cc1OC. The van der Waals surface area contributed by atoms with Crippen molar-refractivity contribution >= 4 is 11.8 Å². The van der Waals surface area contributed by atoms with Crippen LogP contribution in [0.25, 0.3) is 0 Å². The number of carbonyl (C=O) groups is 2. The molecule has 1 N–H and O–H groups in total. The van der Waals surface area contributed by atoms with E-state index in [1.807, 2.05) is 11.0 Å². The number of piperidine rings is 1. The second kappa shape index (κ2) is 9.96. The average Bonchev–Trinajstić information content (AvgIpc) is 2.78. The summed E-state index contributed by atoms with van der Waals surface area (Å²) in [5.74, 6) is 1.28. The highest BCUT2D eigenvalue weighted by Gasteiger charge is 2.23. The van der Waals surface area contributed by atoms with Gasteiger partial charge in [0.05, 0.1) is 20.8 Å². The van der Waals surface area contributed by atoms with E-state index >= 15 is 0 Å². The first kappa shape index (κ1) is 20.7. The number of likely N-dealkylation sites (tertiary alicyclic amines) is 1. The van der Waals surface area contributed by atoms with Crippen LogP contribution in [0.1, 0.15) is 28.8 Å². The minimum absolute atomic E-state index is 0.00344. The van der Waals surface area contributed by atoms with E-state index in [2.05, 4.69) is 29.6 Å². The van der Waals surface area contributed by atoms with Crippen LogP contribution in [0.15, 0.2) is 48.5 Å². The Balaban J connectivity index is 1.46. The summed E-state index contributed by atoms with van der Waals surface area (Å²) in [6.45, 7) is 1.47. The number of nitrogens with zero attached hydrogens (tertiary/aromatic N) is 1. The van der Waals surface area contributed by atoms with Gasteiger partial charge in [-0.25, -0.2) is 0 Å². The molecule has 6 nitrogen and oxygen atoms in total. The fourth-order valence-corrected chi connectivity index (χ4v) is 3.68. The molecule has 3 rings (SSSR count). The van der Waals surface area contributed by atoms with E-state index in [-0.39, 0.29) is 18.4 Å². The number of nitrogens with one attached hydrogen (secondary N) is 1. The van der Waals surface area contributed by atoms with Crippen LogP contribution >= 0.6 is 0 Å². The molecular weight excluding hydrogens is 368 g/mol. The molecule has 2 amide bonds. The van der Waals surface area contributed by atoms with Gasteiger partial charge < -0.3 is 19.7 Å². The van der Waals surface area contributed by atoms with Gasteiger partial charge in [-0.2, -0.15) is 0 Å². The summed E-state index contributed by atoms with van der Waals surface area (Å²) in [7, 11) is 3.06. The lowest BCUT2D eigenvalue weighted by atomic mass is 9.90. The van der Waals surface area contributed by atoms with E-state index < -0.39 is 0 Å². The smallest absolute Gasteiger partial charge is 0.251 e. The van der Waals surface area contributed by atoms with E-state index in [1.165, 1.54) is 12.7 Å². The van der Waals surface area contributed by atoms with Crippen LogP contribution in [0.5, 0.6) is 11.5 Å². The molecule has 1 aliphatic rings. The molecule has 1 fully saturated rings. The largest absolute Gasteiger partial charge is 0.493 e. The molecule has 2 aromatic rings. The van der Waals surface area contributed by atoms with Crippen molar-refractivity contribution in [3.63, 3.8) is 0 Å². The molecule has 1 saturated heterocycles. The first-order chi connectivity index (χ1) is 14.1. The Hall–Kier alpha value is -3.02. The lowest BCUT2D eigenvalue weighted by molar-refractivity contribution is -0.131. The fourth-order valence-electron chi connectivity index (χ4n) is 3.68. The third kappa shape index (κ3) is 5.50. The number of carbonyl (C=O) groups excluding carboxylic acids is 2. The molecule has 0 atom stereocenters. The molecule has 0 unspecified atom stereocenters. The van der Waals surface area contributed by atoms with Crippen molar-refractivity contribution < 1.29 is 19.1 Å². The fraction of sp³-hybridized carbons (Fsp3) is 0.391. The maximum Gasteiger partial charge on any atom is 0.251 e. The lowest BCUT2D eigenvalue weighted by Gasteiger charge is -2.32. The molecule has 154 valence electrons. The van der Waals surface area contributed by atoms with Crippen molar-refractivity contribution in [2.75, 3.05) is 33.9 Å². The third-order valence-electron chi connectivity index (χ3n) is 5.38. The maximum absolute atomic E-state index is 12.5. The highest BCUT2D eigenvalue weighted by Crippen LogP contribution is 2.27. The van der Waals surface area contributed by atoms with Crippen molar-refractivity contribution in [3.05, 3.63) is 59.7 Å². The maximum atomic E-state index is 12.5. The summed E-state index contributed by atoms with van der Waals surface area (Å²) in [6.07, 6.45) is 3.04. The van der Waals surface area contributed by atoms with Crippen LogP contribution < -0.4 is 14.8 Å². The van der Waals surface area contributed by atoms with Crippen molar-refractivity contribution in [2.45, 2.75) is 19.3 Å². The molecular formula is C23H28N2O4. The van der Waals surface area contributed by atoms with E-state index in [1.54, 1.807) is 25.3 Å². The quantitative estimate of drug-likeness (QED) is 0.781. The van der Waals surface area contributed by atoms with Gasteiger partial charge in [0, 0.05) is 18.7 Å². The summed E-state index contributed by atoms with van der Waals surface area (Å²) >= 11 is 0. The minimum atomic E-state index is -0.307. The molecule has 2 aromatic carbocycles. The zero-order chi connectivity index (χ0) is 20.6. The predicted octanol–water partition coefficient (Wildman–Crippen LogP) is 2.91. The number of benzene rings is 2. The van der Waals surface area contributed by atoms with Crippen LogP contribution in [-0.4, -0.2) is 50.6 Å². The summed E-state index contributed by atoms with van der Waals surface area (Å²) in [5.41, 5.74) is 1.77. The Morgan fingerprint density at radius 3 is 2.34 bits per heavy atom. The number of rotatable bonds is 7. The van der Waals surface area contributed by atoms with Crippen LogP contribution in [-0.2, 0) is 11.2 Å². The Labute approximate surface area is 171 Å². The lowest BCUT2D eigenvalue weighted by Crippen LogP contribution is -2.44. The van der Waals surface area contributed by atoms with E-state index in [9.17, 15) is 9.59 Å². The zero-order valence-corrected chi connectivity index (χ0v) is 17.0. The molecule has 0 aromatic heterocycles. The Morgan fingerprint density at radius 1 is 1.00 bits per heavy atom. The summed E-state index contributed by atoms with van der Waals surface area (Å²) in [6, 6.07) is 15.4. The van der Waals surface area contributed by atoms with Crippen molar-refractivity contribution in [1.29, 1.82) is 0 Å². The van der Waals surface area contributed by atoms with Gasteiger partial charge in [0.2, 0.25) is 5.91 Å². The number of amides is 2. The number of methoxy groups -OCH3 is 2. The Kier molecular flexibility index (Phi) is 7.11. The van der Waals surface area contributed by atoms with Gasteiger partial charge in [-0.1, -0.05) is 30.3 Å². The first-order valence-corrected chi connectivity index (χ1v) is 9.92. The molecule has 0 spiro atoms. The third-order valence-corrected chi connectivity index (χ3v) is 5.38. The van der Waals surface area contributed by atoms with Crippen LogP contribution in [0.3, 0.4) is 0 Å². The predicted molar refractivity (Wildman–Crippen MR) is 111 cm³/mol. The van der Waals surface area contributed by atoms with Gasteiger partial charge in [0.1, 0.15) is 0 Å². The van der Waals surface area contributed by atoms with Crippen LogP contribution in [0, 0.1) is 5.92 Å². The molecule has 0 saturated carbocycles. The number of ether oxygens (including phenoxy) is 2. The highest BCUT2D eigenvalue weighted by molar-refractivity contribution is 5.97. The number of hydrogen-bond acceptors (Lipinski definition) is 4. The molecule has 0 aliphatic carbocycles. The van der Waals surface area contributed by atoms with Gasteiger partial charge in [-0.05, 0) is 48.9 Å². The molecule has 0 bridgehead atoms. The van der Waals surface area contributed by atoms with E-state index in [0.717, 1.165) is 32.4 Å². The monoisotopic (exact) mass is 396 g/mol. The second-order valence-electron chi connectivity index (χ2n) is 7.27. The summed E-state index contributed by atoms with van der Waals surface area (Å²) in [5, 5.41) is 2.71. The first-order valence-electron chi connectivity index (χ1n) is 9.92. The standard InChI is InChI=1S/C23H28N2O4/c1-28-20-9-8-19(15-21(20)29-2)23(27)24-16-22(26)25-12-10-18(11-13-25)14-17-6-4-3-5-7-17/h3-9,15,18H,10-14,16H2,1-2H3,(H,24,27). The van der Waals surface area contributed by atoms with Gasteiger partial charge in [-0.15, -0.1) is 0 Å². The molecule has 1 heterocycles. The average molecular weight is 396 g/mol. The van der Waals surface area contributed by atoms with Gasteiger partial charge in [-0.3, -0.25) is 9.59 Å². The molecule has 6 heteroatoms. The minimum Gasteiger partial charge on any atom is -0.493 e. The van der Waals surface area contributed by atoms with E-state index in [0.29, 0.717) is 23.0 Å². The van der Waals surface area contributed by atoms with Crippen molar-refractivity contribution in [3.8, 4) is 11.5 Å². The van der Waals surface area contributed by atoms with Crippen molar-refractivity contribution in [2.24, 2.45) is 5.92 Å². The number of hydrogen-bond donors (Lipinski definition) is 1. The van der Waals surface area contributed by atoms with Crippen molar-refractivity contribution in [1.82, 2.24) is 10.2 Å². The second-order valence-corrected chi connectivity index (χ2v) is 7.27. The highest BCUT2D eigenvalue weighted by atomic mass is 16.5. The Bertz CT molecular complexity index is 830. The van der Waals surface area contributed by atoms with E-state index in [4.69, 9.17) is 9.47 Å². The topological polar surface area (TPSA) is 67.9 Å². The van der Waals surface area contributed by atoms with Crippen LogP contribution in [0.2, 0.25) is 0 Å². The van der Waals surface area contributed by atoms with Crippen LogP contribution in [0.4, 0.5) is 0 Å². The summed E-state index contributed by atoms with van der Waals surface area (Å²) in [4.78, 5) is 26.7. The van der Waals surface area contributed by atoms with Gasteiger partial charge in [0.25, 0.3) is 5.91 Å². The van der Waals surface area contributed by atoms with Gasteiger partial charge in [0.15, 0.2) is 11.5 Å². The summed E-state index contributed by atoms with van der Waals surface area (Å²) < 4.78 is 10.4.